The van der Waals surface area contributed by atoms with Crippen LogP contribution in [0.25, 0.3) is 0 Å². The first-order chi connectivity index (χ1) is 11.1. The van der Waals surface area contributed by atoms with Crippen LogP contribution in [0, 0.1) is 11.7 Å². The number of nitrogens with one attached hydrogen (secondary N) is 2. The Morgan fingerprint density at radius 2 is 2.22 bits per heavy atom. The van der Waals surface area contributed by atoms with E-state index in [1.54, 1.807) is 17.5 Å². The molecule has 2 unspecified atom stereocenters. The highest BCUT2D eigenvalue weighted by Crippen LogP contribution is 2.16. The lowest BCUT2D eigenvalue weighted by molar-refractivity contribution is 0.0909. The van der Waals surface area contributed by atoms with E-state index in [2.05, 4.69) is 22.5 Å². The molecular formula is C17H20FN3OS. The molecule has 0 saturated carbocycles. The molecule has 1 aromatic carbocycles. The highest BCUT2D eigenvalue weighted by molar-refractivity contribution is 7.09. The van der Waals surface area contributed by atoms with Crippen molar-refractivity contribution in [1.82, 2.24) is 15.6 Å². The van der Waals surface area contributed by atoms with E-state index < -0.39 is 0 Å². The number of aromatic nitrogens is 1. The van der Waals surface area contributed by atoms with Crippen molar-refractivity contribution in [2.45, 2.75) is 25.8 Å². The SMILES string of the molecule is CC1CNCCC1NC(=O)c1csc(Cc2ccc(F)cc2)n1. The molecule has 0 radical (unpaired) electrons. The number of rotatable bonds is 4. The summed E-state index contributed by atoms with van der Waals surface area (Å²) in [6.07, 6.45) is 1.56. The van der Waals surface area contributed by atoms with E-state index in [1.807, 2.05) is 0 Å². The highest BCUT2D eigenvalue weighted by atomic mass is 32.1. The van der Waals surface area contributed by atoms with Crippen molar-refractivity contribution < 1.29 is 9.18 Å². The summed E-state index contributed by atoms with van der Waals surface area (Å²) >= 11 is 1.46. The number of hydrogen-bond acceptors (Lipinski definition) is 4. The van der Waals surface area contributed by atoms with Gasteiger partial charge in [0, 0.05) is 17.8 Å². The van der Waals surface area contributed by atoms with Crippen LogP contribution in [-0.4, -0.2) is 30.0 Å². The minimum Gasteiger partial charge on any atom is -0.348 e. The average Bonchev–Trinajstić information content (AvgIpc) is 3.00. The van der Waals surface area contributed by atoms with Crippen LogP contribution in [0.15, 0.2) is 29.6 Å². The van der Waals surface area contributed by atoms with Crippen LogP contribution in [0.5, 0.6) is 0 Å². The van der Waals surface area contributed by atoms with E-state index in [0.717, 1.165) is 30.1 Å². The van der Waals surface area contributed by atoms with Crippen LogP contribution in [0.3, 0.4) is 0 Å². The van der Waals surface area contributed by atoms with Gasteiger partial charge in [0.05, 0.1) is 5.01 Å². The van der Waals surface area contributed by atoms with Gasteiger partial charge in [0.2, 0.25) is 0 Å². The number of thiazole rings is 1. The van der Waals surface area contributed by atoms with Crippen LogP contribution in [0.2, 0.25) is 0 Å². The number of piperidine rings is 1. The maximum Gasteiger partial charge on any atom is 0.270 e. The van der Waals surface area contributed by atoms with Crippen molar-refractivity contribution in [2.24, 2.45) is 5.92 Å². The molecule has 3 rings (SSSR count). The average molecular weight is 333 g/mol. The topological polar surface area (TPSA) is 54.0 Å². The molecule has 23 heavy (non-hydrogen) atoms. The molecular weight excluding hydrogens is 313 g/mol. The summed E-state index contributed by atoms with van der Waals surface area (Å²) in [7, 11) is 0. The Morgan fingerprint density at radius 1 is 1.43 bits per heavy atom. The van der Waals surface area contributed by atoms with E-state index in [0.29, 0.717) is 18.0 Å². The van der Waals surface area contributed by atoms with Crippen LogP contribution < -0.4 is 10.6 Å². The van der Waals surface area contributed by atoms with Gasteiger partial charge in [0.25, 0.3) is 5.91 Å². The van der Waals surface area contributed by atoms with Crippen molar-refractivity contribution in [3.8, 4) is 0 Å². The van der Waals surface area contributed by atoms with Gasteiger partial charge < -0.3 is 10.6 Å². The van der Waals surface area contributed by atoms with Crippen molar-refractivity contribution in [3.63, 3.8) is 0 Å². The highest BCUT2D eigenvalue weighted by Gasteiger charge is 2.23. The molecule has 0 spiro atoms. The number of benzene rings is 1. The zero-order valence-electron chi connectivity index (χ0n) is 13.0. The summed E-state index contributed by atoms with van der Waals surface area (Å²) in [5, 5.41) is 9.06. The molecule has 4 nitrogen and oxygen atoms in total. The molecule has 2 N–H and O–H groups in total. The Bertz CT molecular complexity index is 671. The molecule has 1 aromatic heterocycles. The summed E-state index contributed by atoms with van der Waals surface area (Å²) in [5.41, 5.74) is 1.46. The molecule has 1 aliphatic rings. The van der Waals surface area contributed by atoms with Crippen molar-refractivity contribution in [3.05, 3.63) is 51.7 Å². The zero-order chi connectivity index (χ0) is 16.2. The summed E-state index contributed by atoms with van der Waals surface area (Å²) in [6, 6.07) is 6.57. The minimum atomic E-state index is -0.246. The molecule has 1 aliphatic heterocycles. The monoisotopic (exact) mass is 333 g/mol. The Morgan fingerprint density at radius 3 is 2.96 bits per heavy atom. The van der Waals surface area contributed by atoms with Crippen LogP contribution in [-0.2, 0) is 6.42 Å². The fourth-order valence-electron chi connectivity index (χ4n) is 2.74. The molecule has 2 atom stereocenters. The Kier molecular flexibility index (Phi) is 5.03. The molecule has 1 amide bonds. The van der Waals surface area contributed by atoms with Gasteiger partial charge in [0.15, 0.2) is 0 Å². The fraction of sp³-hybridized carbons (Fsp3) is 0.412. The number of amides is 1. The second-order valence-corrected chi connectivity index (χ2v) is 6.92. The molecule has 122 valence electrons. The first kappa shape index (κ1) is 16.1. The summed E-state index contributed by atoms with van der Waals surface area (Å²) in [4.78, 5) is 16.7. The summed E-state index contributed by atoms with van der Waals surface area (Å²) in [5.74, 6) is 0.0689. The van der Waals surface area contributed by atoms with Gasteiger partial charge in [-0.25, -0.2) is 9.37 Å². The van der Waals surface area contributed by atoms with Gasteiger partial charge in [-0.15, -0.1) is 11.3 Å². The van der Waals surface area contributed by atoms with E-state index in [9.17, 15) is 9.18 Å². The minimum absolute atomic E-state index is 0.106. The smallest absolute Gasteiger partial charge is 0.270 e. The quantitative estimate of drug-likeness (QED) is 0.904. The third-order valence-electron chi connectivity index (χ3n) is 4.15. The van der Waals surface area contributed by atoms with Gasteiger partial charge >= 0.3 is 0 Å². The van der Waals surface area contributed by atoms with Crippen molar-refractivity contribution in [2.75, 3.05) is 13.1 Å². The van der Waals surface area contributed by atoms with Crippen molar-refractivity contribution in [1.29, 1.82) is 0 Å². The van der Waals surface area contributed by atoms with Crippen molar-refractivity contribution >= 4 is 17.2 Å². The van der Waals surface area contributed by atoms with Crippen LogP contribution in [0.1, 0.15) is 34.4 Å². The standard InChI is InChI=1S/C17H20FN3OS/c1-11-9-19-7-6-14(11)21-17(22)15-10-23-16(20-15)8-12-2-4-13(18)5-3-12/h2-5,10-11,14,19H,6-9H2,1H3,(H,21,22). The normalized spacial score (nSPS) is 21.1. The summed E-state index contributed by atoms with van der Waals surface area (Å²) < 4.78 is 12.9. The van der Waals surface area contributed by atoms with Crippen LogP contribution in [0.4, 0.5) is 4.39 Å². The third-order valence-corrected chi connectivity index (χ3v) is 5.00. The lowest BCUT2D eigenvalue weighted by atomic mass is 9.95. The Balaban J connectivity index is 1.61. The number of halogens is 1. The predicted molar refractivity (Wildman–Crippen MR) is 89.2 cm³/mol. The predicted octanol–water partition coefficient (Wildman–Crippen LogP) is 2.60. The first-order valence-corrected chi connectivity index (χ1v) is 8.70. The molecule has 1 fully saturated rings. The second kappa shape index (κ2) is 7.19. The number of nitrogens with zero attached hydrogens (tertiary/aromatic N) is 1. The van der Waals surface area contributed by atoms with Gasteiger partial charge in [0.1, 0.15) is 11.5 Å². The maximum atomic E-state index is 12.9. The van der Waals surface area contributed by atoms with Crippen LogP contribution >= 0.6 is 11.3 Å². The van der Waals surface area contributed by atoms with E-state index in [-0.39, 0.29) is 17.8 Å². The molecule has 1 saturated heterocycles. The lowest BCUT2D eigenvalue weighted by Gasteiger charge is -2.29. The van der Waals surface area contributed by atoms with E-state index in [4.69, 9.17) is 0 Å². The second-order valence-electron chi connectivity index (χ2n) is 5.98. The zero-order valence-corrected chi connectivity index (χ0v) is 13.8. The van der Waals surface area contributed by atoms with E-state index in [1.165, 1.54) is 23.5 Å². The molecule has 0 aliphatic carbocycles. The Labute approximate surface area is 139 Å². The van der Waals surface area contributed by atoms with Gasteiger partial charge in [-0.3, -0.25) is 4.79 Å². The number of carbonyl (C=O) groups is 1. The molecule has 2 aromatic rings. The first-order valence-electron chi connectivity index (χ1n) is 7.82. The molecule has 0 bridgehead atoms. The summed E-state index contributed by atoms with van der Waals surface area (Å²) in [6.45, 7) is 4.00. The Hall–Kier alpha value is -1.79. The largest absolute Gasteiger partial charge is 0.348 e. The van der Waals surface area contributed by atoms with E-state index >= 15 is 0 Å². The number of hydrogen-bond donors (Lipinski definition) is 2. The fourth-order valence-corrected chi connectivity index (χ4v) is 3.55. The molecule has 6 heteroatoms. The lowest BCUT2D eigenvalue weighted by Crippen LogP contribution is -2.48. The van der Waals surface area contributed by atoms with Gasteiger partial charge in [-0.05, 0) is 43.1 Å². The number of carbonyl (C=O) groups excluding carboxylic acids is 1. The van der Waals surface area contributed by atoms with Gasteiger partial charge in [-0.1, -0.05) is 19.1 Å². The third kappa shape index (κ3) is 4.14. The maximum absolute atomic E-state index is 12.9. The molecule has 2 heterocycles. The van der Waals surface area contributed by atoms with Gasteiger partial charge in [-0.2, -0.15) is 0 Å².